The molecule has 4 aromatic rings. The first kappa shape index (κ1) is 15.9. The Hall–Kier alpha value is -3.61. The first-order chi connectivity index (χ1) is 12.6. The van der Waals surface area contributed by atoms with Gasteiger partial charge in [0.05, 0.1) is 18.8 Å². The SMILES string of the molecule is COc1ccc2nc(Nc3cccc(NC(C)=O)c3)c3[nH]ncc3c2c1. The van der Waals surface area contributed by atoms with Crippen LogP contribution in [0.4, 0.5) is 17.2 Å². The number of carbonyl (C=O) groups is 1. The molecule has 0 unspecified atom stereocenters. The summed E-state index contributed by atoms with van der Waals surface area (Å²) in [6, 6.07) is 13.2. The van der Waals surface area contributed by atoms with Crippen molar-refractivity contribution < 1.29 is 9.53 Å². The van der Waals surface area contributed by atoms with Crippen LogP contribution in [0.15, 0.2) is 48.7 Å². The molecule has 130 valence electrons. The van der Waals surface area contributed by atoms with Crippen LogP contribution in [0.5, 0.6) is 5.75 Å². The molecule has 4 rings (SSSR count). The van der Waals surface area contributed by atoms with E-state index in [1.807, 2.05) is 42.5 Å². The minimum atomic E-state index is -0.115. The van der Waals surface area contributed by atoms with E-state index in [0.29, 0.717) is 11.5 Å². The molecular weight excluding hydrogens is 330 g/mol. The van der Waals surface area contributed by atoms with Gasteiger partial charge in [0.1, 0.15) is 11.3 Å². The third-order valence-corrected chi connectivity index (χ3v) is 4.05. The number of carbonyl (C=O) groups excluding carboxylic acids is 1. The van der Waals surface area contributed by atoms with Gasteiger partial charge in [-0.05, 0) is 36.4 Å². The number of methoxy groups -OCH3 is 1. The Kier molecular flexibility index (Phi) is 3.89. The average molecular weight is 347 g/mol. The molecule has 0 saturated heterocycles. The number of H-pyrrole nitrogens is 1. The van der Waals surface area contributed by atoms with Crippen LogP contribution in [0, 0.1) is 0 Å². The van der Waals surface area contributed by atoms with Crippen LogP contribution in [0.3, 0.4) is 0 Å². The zero-order valence-electron chi connectivity index (χ0n) is 14.3. The second kappa shape index (κ2) is 6.36. The van der Waals surface area contributed by atoms with Gasteiger partial charge >= 0.3 is 0 Å². The van der Waals surface area contributed by atoms with E-state index in [1.54, 1.807) is 13.3 Å². The van der Waals surface area contributed by atoms with Crippen molar-refractivity contribution in [3.8, 4) is 5.75 Å². The van der Waals surface area contributed by atoms with Crippen molar-refractivity contribution in [2.75, 3.05) is 17.7 Å². The van der Waals surface area contributed by atoms with Gasteiger partial charge in [-0.1, -0.05) is 6.07 Å². The standard InChI is InChI=1S/C19H17N5O2/c1-11(25)21-12-4-3-5-13(8-12)22-19-18-16(10-20-24-18)15-9-14(26-2)6-7-17(15)23-19/h3-10H,1-2H3,(H,20,24)(H,21,25)(H,22,23). The van der Waals surface area contributed by atoms with Crippen molar-refractivity contribution in [1.29, 1.82) is 0 Å². The summed E-state index contributed by atoms with van der Waals surface area (Å²) in [7, 11) is 1.64. The van der Waals surface area contributed by atoms with E-state index in [9.17, 15) is 4.79 Å². The molecule has 0 aliphatic rings. The van der Waals surface area contributed by atoms with Gasteiger partial charge in [0.2, 0.25) is 5.91 Å². The third-order valence-electron chi connectivity index (χ3n) is 4.05. The van der Waals surface area contributed by atoms with Crippen molar-refractivity contribution in [2.45, 2.75) is 6.92 Å². The number of rotatable bonds is 4. The molecule has 0 bridgehead atoms. The number of anilines is 3. The Labute approximate surface area is 149 Å². The van der Waals surface area contributed by atoms with E-state index in [4.69, 9.17) is 9.72 Å². The molecular formula is C19H17N5O2. The predicted molar refractivity (Wildman–Crippen MR) is 102 cm³/mol. The minimum absolute atomic E-state index is 0.115. The van der Waals surface area contributed by atoms with Crippen LogP contribution in [0.2, 0.25) is 0 Å². The highest BCUT2D eigenvalue weighted by Gasteiger charge is 2.11. The van der Waals surface area contributed by atoms with Gasteiger partial charge in [0.25, 0.3) is 0 Å². The molecule has 2 aromatic heterocycles. The topological polar surface area (TPSA) is 91.9 Å². The fraction of sp³-hybridized carbons (Fsp3) is 0.105. The highest BCUT2D eigenvalue weighted by Crippen LogP contribution is 2.31. The number of nitrogens with zero attached hydrogens (tertiary/aromatic N) is 2. The zero-order valence-corrected chi connectivity index (χ0v) is 14.3. The van der Waals surface area contributed by atoms with E-state index >= 15 is 0 Å². The number of nitrogens with one attached hydrogen (secondary N) is 3. The summed E-state index contributed by atoms with van der Waals surface area (Å²) in [6.07, 6.45) is 1.78. The Morgan fingerprint density at radius 1 is 1.12 bits per heavy atom. The number of ether oxygens (including phenoxy) is 1. The molecule has 2 aromatic carbocycles. The molecule has 0 radical (unpaired) electrons. The molecule has 0 spiro atoms. The molecule has 3 N–H and O–H groups in total. The van der Waals surface area contributed by atoms with Gasteiger partial charge in [0, 0.05) is 29.1 Å². The lowest BCUT2D eigenvalue weighted by molar-refractivity contribution is -0.114. The summed E-state index contributed by atoms with van der Waals surface area (Å²) >= 11 is 0. The summed E-state index contributed by atoms with van der Waals surface area (Å²) in [6.45, 7) is 1.48. The smallest absolute Gasteiger partial charge is 0.221 e. The maximum Gasteiger partial charge on any atom is 0.221 e. The Bertz CT molecular complexity index is 1120. The fourth-order valence-electron chi connectivity index (χ4n) is 2.91. The summed E-state index contributed by atoms with van der Waals surface area (Å²) in [5.74, 6) is 1.32. The van der Waals surface area contributed by atoms with Gasteiger partial charge in [-0.2, -0.15) is 5.10 Å². The molecule has 7 heteroatoms. The number of aromatic nitrogens is 3. The lowest BCUT2D eigenvalue weighted by Gasteiger charge is -2.11. The monoisotopic (exact) mass is 347 g/mol. The van der Waals surface area contributed by atoms with Crippen molar-refractivity contribution in [3.63, 3.8) is 0 Å². The summed E-state index contributed by atoms with van der Waals surface area (Å²) in [4.78, 5) is 16.0. The van der Waals surface area contributed by atoms with E-state index in [2.05, 4.69) is 20.8 Å². The van der Waals surface area contributed by atoms with Crippen molar-refractivity contribution in [3.05, 3.63) is 48.7 Å². The normalized spacial score (nSPS) is 10.8. The maximum atomic E-state index is 11.3. The molecule has 0 saturated carbocycles. The maximum absolute atomic E-state index is 11.3. The first-order valence-electron chi connectivity index (χ1n) is 8.09. The molecule has 7 nitrogen and oxygen atoms in total. The van der Waals surface area contributed by atoms with Crippen LogP contribution in [0.25, 0.3) is 21.8 Å². The highest BCUT2D eigenvalue weighted by molar-refractivity contribution is 6.09. The molecule has 2 heterocycles. The fourth-order valence-corrected chi connectivity index (χ4v) is 2.91. The van der Waals surface area contributed by atoms with Crippen molar-refractivity contribution in [1.82, 2.24) is 15.2 Å². The molecule has 0 atom stereocenters. The number of aromatic amines is 1. The Balaban J connectivity index is 1.79. The van der Waals surface area contributed by atoms with Gasteiger partial charge in [-0.15, -0.1) is 0 Å². The average Bonchev–Trinajstić information content (AvgIpc) is 3.12. The number of benzene rings is 2. The summed E-state index contributed by atoms with van der Waals surface area (Å²) in [5, 5.41) is 15.2. The quantitative estimate of drug-likeness (QED) is 0.522. The molecule has 0 fully saturated rings. The zero-order chi connectivity index (χ0) is 18.1. The van der Waals surface area contributed by atoms with Gasteiger partial charge < -0.3 is 15.4 Å². The van der Waals surface area contributed by atoms with Crippen molar-refractivity contribution >= 4 is 44.9 Å². The largest absolute Gasteiger partial charge is 0.497 e. The van der Waals surface area contributed by atoms with Gasteiger partial charge in [-0.25, -0.2) is 4.98 Å². The van der Waals surface area contributed by atoms with Crippen LogP contribution in [-0.2, 0) is 4.79 Å². The number of pyridine rings is 1. The van der Waals surface area contributed by atoms with Gasteiger partial charge in [0.15, 0.2) is 5.82 Å². The third kappa shape index (κ3) is 2.90. The highest BCUT2D eigenvalue weighted by atomic mass is 16.5. The number of amides is 1. The second-order valence-electron chi connectivity index (χ2n) is 5.89. The molecule has 0 aliphatic heterocycles. The van der Waals surface area contributed by atoms with Crippen LogP contribution < -0.4 is 15.4 Å². The van der Waals surface area contributed by atoms with Crippen LogP contribution >= 0.6 is 0 Å². The second-order valence-corrected chi connectivity index (χ2v) is 5.89. The number of hydrogen-bond acceptors (Lipinski definition) is 5. The van der Waals surface area contributed by atoms with Gasteiger partial charge in [-0.3, -0.25) is 9.89 Å². The number of hydrogen-bond donors (Lipinski definition) is 3. The Morgan fingerprint density at radius 3 is 2.77 bits per heavy atom. The van der Waals surface area contributed by atoms with Crippen LogP contribution in [-0.4, -0.2) is 28.2 Å². The summed E-state index contributed by atoms with van der Waals surface area (Å²) in [5.41, 5.74) is 3.16. The van der Waals surface area contributed by atoms with E-state index < -0.39 is 0 Å². The Morgan fingerprint density at radius 2 is 1.96 bits per heavy atom. The van der Waals surface area contributed by atoms with Crippen LogP contribution in [0.1, 0.15) is 6.92 Å². The minimum Gasteiger partial charge on any atom is -0.497 e. The number of fused-ring (bicyclic) bond motifs is 3. The lowest BCUT2D eigenvalue weighted by Crippen LogP contribution is -2.06. The van der Waals surface area contributed by atoms with Crippen molar-refractivity contribution in [2.24, 2.45) is 0 Å². The molecule has 1 amide bonds. The van der Waals surface area contributed by atoms with E-state index in [0.717, 1.165) is 33.2 Å². The molecule has 26 heavy (non-hydrogen) atoms. The first-order valence-corrected chi connectivity index (χ1v) is 8.09. The summed E-state index contributed by atoms with van der Waals surface area (Å²) < 4.78 is 5.31. The lowest BCUT2D eigenvalue weighted by atomic mass is 10.1. The van der Waals surface area contributed by atoms with E-state index in [1.165, 1.54) is 6.92 Å². The predicted octanol–water partition coefficient (Wildman–Crippen LogP) is 3.82. The molecule has 0 aliphatic carbocycles. The van der Waals surface area contributed by atoms with E-state index in [-0.39, 0.29) is 5.91 Å².